The molecule has 0 bridgehead atoms. The Hall–Kier alpha value is -0.200. The maximum absolute atomic E-state index is 4.02. The lowest BCUT2D eigenvalue weighted by Crippen LogP contribution is -2.85. The highest BCUT2D eigenvalue weighted by Crippen LogP contribution is 2.41. The van der Waals surface area contributed by atoms with Crippen molar-refractivity contribution in [1.82, 2.24) is 25.1 Å². The van der Waals surface area contributed by atoms with E-state index in [2.05, 4.69) is 115 Å². The van der Waals surface area contributed by atoms with Crippen LogP contribution in [0.5, 0.6) is 0 Å². The molecule has 5 nitrogen and oxygen atoms in total. The van der Waals surface area contributed by atoms with E-state index in [0.717, 1.165) is 52.1 Å². The van der Waals surface area contributed by atoms with Gasteiger partial charge in [0.25, 0.3) is 0 Å². The molecule has 0 saturated heterocycles. The molecule has 212 valence electrons. The minimum atomic E-state index is -0.289. The second kappa shape index (κ2) is 17.3. The molecule has 0 heterocycles. The highest BCUT2D eigenvalue weighted by atomic mass is 15.8. The van der Waals surface area contributed by atoms with Gasteiger partial charge in [-0.15, -0.1) is 0 Å². The number of unbranched alkanes of at least 4 members (excludes halogenated alkanes) is 2. The van der Waals surface area contributed by atoms with Gasteiger partial charge in [0.1, 0.15) is 0 Å². The van der Waals surface area contributed by atoms with Crippen molar-refractivity contribution in [3.63, 3.8) is 0 Å². The highest BCUT2D eigenvalue weighted by molar-refractivity contribution is 5.08. The second-order valence-corrected chi connectivity index (χ2v) is 12.0. The summed E-state index contributed by atoms with van der Waals surface area (Å²) in [5.74, 6) is 0.284. The largest absolute Gasteiger partial charge is 0.308 e. The van der Waals surface area contributed by atoms with E-state index in [1.807, 2.05) is 0 Å². The number of likely N-dealkylation sites (N-methyl/N-ethyl adjacent to an activating group) is 1. The van der Waals surface area contributed by atoms with E-state index < -0.39 is 0 Å². The van der Waals surface area contributed by atoms with Crippen LogP contribution in [0.1, 0.15) is 129 Å². The van der Waals surface area contributed by atoms with Crippen LogP contribution in [0.3, 0.4) is 0 Å². The lowest BCUT2D eigenvalue weighted by Gasteiger charge is -2.67. The van der Waals surface area contributed by atoms with Gasteiger partial charge < -0.3 is 5.32 Å². The monoisotopic (exact) mass is 498 g/mol. The molecule has 0 aliphatic rings. The van der Waals surface area contributed by atoms with Crippen LogP contribution in [0.2, 0.25) is 0 Å². The summed E-state index contributed by atoms with van der Waals surface area (Å²) in [5, 5.41) is 9.64. The molecule has 0 aromatic heterocycles. The summed E-state index contributed by atoms with van der Waals surface area (Å²) < 4.78 is 0. The standard InChI is InChI=1S/C30H67N5/c1-14-19-23-33(24-20-15-2)34(25-26(6)7)30(29(12,13)31-18-5,32(21-16-3)22-17-4)35(27(8)9)28(10)11/h26-28,31H,14-25H2,1-13H3. The Bertz CT molecular complexity index is 497. The van der Waals surface area contributed by atoms with Gasteiger partial charge in [-0.25, -0.2) is 10.0 Å². The van der Waals surface area contributed by atoms with Crippen molar-refractivity contribution in [2.24, 2.45) is 5.92 Å². The van der Waals surface area contributed by atoms with Gasteiger partial charge in [0.05, 0.1) is 5.54 Å². The van der Waals surface area contributed by atoms with Crippen molar-refractivity contribution in [3.8, 4) is 0 Å². The summed E-state index contributed by atoms with van der Waals surface area (Å²) in [6, 6.07) is 0.830. The summed E-state index contributed by atoms with van der Waals surface area (Å²) in [6.07, 6.45) is 7.25. The molecule has 0 aliphatic heterocycles. The average Bonchev–Trinajstić information content (AvgIpc) is 2.75. The van der Waals surface area contributed by atoms with E-state index in [4.69, 9.17) is 0 Å². The Morgan fingerprint density at radius 1 is 0.657 bits per heavy atom. The van der Waals surface area contributed by atoms with Crippen LogP contribution < -0.4 is 5.32 Å². The molecule has 0 aromatic carbocycles. The Morgan fingerprint density at radius 2 is 1.11 bits per heavy atom. The molecule has 1 atom stereocenters. The Balaban J connectivity index is 7.60. The maximum atomic E-state index is 4.02. The van der Waals surface area contributed by atoms with E-state index in [0.29, 0.717) is 18.0 Å². The van der Waals surface area contributed by atoms with Crippen LogP contribution in [-0.4, -0.2) is 82.5 Å². The lowest BCUT2D eigenvalue weighted by atomic mass is 9.86. The molecule has 0 saturated carbocycles. The van der Waals surface area contributed by atoms with Crippen LogP contribution in [0.15, 0.2) is 0 Å². The normalized spacial score (nSPS) is 15.1. The van der Waals surface area contributed by atoms with E-state index in [-0.39, 0.29) is 11.3 Å². The fourth-order valence-electron chi connectivity index (χ4n) is 6.16. The molecule has 1 N–H and O–H groups in total. The van der Waals surface area contributed by atoms with E-state index in [1.165, 1.54) is 25.7 Å². The number of hydrogen-bond donors (Lipinski definition) is 1. The summed E-state index contributed by atoms with van der Waals surface area (Å²) in [7, 11) is 0. The van der Waals surface area contributed by atoms with Crippen LogP contribution in [0.25, 0.3) is 0 Å². The SMILES string of the molecule is CCCCN(CCCC)N(CC(C)C)C(N(CCC)CCC)(N(C(C)C)C(C)C)C(C)(C)NCC. The minimum absolute atomic E-state index is 0.161. The van der Waals surface area contributed by atoms with Gasteiger partial charge in [0.2, 0.25) is 0 Å². The van der Waals surface area contributed by atoms with Gasteiger partial charge in [-0.2, -0.15) is 0 Å². The van der Waals surface area contributed by atoms with Gasteiger partial charge in [-0.3, -0.25) is 9.80 Å². The molecule has 0 aromatic rings. The molecular weight excluding hydrogens is 430 g/mol. The van der Waals surface area contributed by atoms with E-state index >= 15 is 0 Å². The van der Waals surface area contributed by atoms with Gasteiger partial charge in [0, 0.05) is 44.8 Å². The molecule has 35 heavy (non-hydrogen) atoms. The number of nitrogens with one attached hydrogen (secondary N) is 1. The first kappa shape index (κ1) is 34.8. The Kier molecular flexibility index (Phi) is 17.2. The first-order valence-electron chi connectivity index (χ1n) is 15.2. The lowest BCUT2D eigenvalue weighted by molar-refractivity contribution is -0.298. The summed E-state index contributed by atoms with van der Waals surface area (Å²) in [4.78, 5) is 5.69. The number of rotatable bonds is 21. The van der Waals surface area contributed by atoms with Crippen molar-refractivity contribution in [3.05, 3.63) is 0 Å². The zero-order chi connectivity index (χ0) is 27.2. The third kappa shape index (κ3) is 9.25. The van der Waals surface area contributed by atoms with Crippen LogP contribution in [-0.2, 0) is 0 Å². The molecule has 5 heteroatoms. The van der Waals surface area contributed by atoms with Crippen LogP contribution in [0, 0.1) is 5.92 Å². The van der Waals surface area contributed by atoms with E-state index in [9.17, 15) is 0 Å². The van der Waals surface area contributed by atoms with Gasteiger partial charge in [-0.05, 0) is 79.7 Å². The molecule has 0 amide bonds. The smallest absolute Gasteiger partial charge is 0.162 e. The molecular formula is C30H67N5. The first-order chi connectivity index (χ1) is 16.4. The van der Waals surface area contributed by atoms with Crippen LogP contribution >= 0.6 is 0 Å². The van der Waals surface area contributed by atoms with Crippen molar-refractivity contribution < 1.29 is 0 Å². The van der Waals surface area contributed by atoms with Gasteiger partial charge in [-0.1, -0.05) is 61.3 Å². The fraction of sp³-hybridized carbons (Fsp3) is 1.00. The molecule has 0 rings (SSSR count). The highest BCUT2D eigenvalue weighted by Gasteiger charge is 2.59. The van der Waals surface area contributed by atoms with Crippen molar-refractivity contribution in [2.45, 2.75) is 152 Å². The third-order valence-corrected chi connectivity index (χ3v) is 7.14. The third-order valence-electron chi connectivity index (χ3n) is 7.14. The van der Waals surface area contributed by atoms with E-state index in [1.54, 1.807) is 0 Å². The predicted octanol–water partition coefficient (Wildman–Crippen LogP) is 7.04. The molecule has 0 radical (unpaired) electrons. The summed E-state index contributed by atoms with van der Waals surface area (Å²) >= 11 is 0. The number of hydrogen-bond acceptors (Lipinski definition) is 5. The van der Waals surface area contributed by atoms with Gasteiger partial charge in [0.15, 0.2) is 5.79 Å². The average molecular weight is 498 g/mol. The zero-order valence-corrected chi connectivity index (χ0v) is 26.5. The fourth-order valence-corrected chi connectivity index (χ4v) is 6.16. The quantitative estimate of drug-likeness (QED) is 0.135. The number of hydrazine groups is 1. The topological polar surface area (TPSA) is 25.0 Å². The minimum Gasteiger partial charge on any atom is -0.308 e. The summed E-state index contributed by atoms with van der Waals surface area (Å²) in [5.41, 5.74) is -0.161. The Labute approximate surface area is 222 Å². The second-order valence-electron chi connectivity index (χ2n) is 12.0. The molecule has 1 unspecified atom stereocenters. The van der Waals surface area contributed by atoms with Crippen molar-refractivity contribution >= 4 is 0 Å². The van der Waals surface area contributed by atoms with Crippen molar-refractivity contribution in [2.75, 3.05) is 39.3 Å². The van der Waals surface area contributed by atoms with Gasteiger partial charge >= 0.3 is 0 Å². The van der Waals surface area contributed by atoms with Crippen LogP contribution in [0.4, 0.5) is 0 Å². The number of nitrogens with zero attached hydrogens (tertiary/aromatic N) is 4. The Morgan fingerprint density at radius 3 is 1.43 bits per heavy atom. The van der Waals surface area contributed by atoms with Crippen molar-refractivity contribution in [1.29, 1.82) is 0 Å². The summed E-state index contributed by atoms with van der Waals surface area (Å²) in [6.45, 7) is 37.5. The first-order valence-corrected chi connectivity index (χ1v) is 15.2. The zero-order valence-electron chi connectivity index (χ0n) is 26.5. The molecule has 0 fully saturated rings. The molecule has 0 aliphatic carbocycles. The maximum Gasteiger partial charge on any atom is 0.162 e. The molecule has 0 spiro atoms. The predicted molar refractivity (Wildman–Crippen MR) is 158 cm³/mol.